The van der Waals surface area contributed by atoms with Gasteiger partial charge in [0, 0.05) is 28.4 Å². The number of thioether (sulfide) groups is 1. The Morgan fingerprint density at radius 1 is 1.11 bits per heavy atom. The van der Waals surface area contributed by atoms with Crippen molar-refractivity contribution < 1.29 is 18.7 Å². The zero-order chi connectivity index (χ0) is 25.8. The molecule has 2 amide bonds. The molecule has 7 nitrogen and oxygen atoms in total. The van der Waals surface area contributed by atoms with Crippen LogP contribution >= 0.6 is 11.8 Å². The molecule has 1 aliphatic rings. The van der Waals surface area contributed by atoms with E-state index in [1.807, 2.05) is 66.2 Å². The van der Waals surface area contributed by atoms with E-state index in [1.54, 1.807) is 6.08 Å². The molecule has 0 spiro atoms. The van der Waals surface area contributed by atoms with Gasteiger partial charge in [-0.05, 0) is 79.4 Å². The first kappa shape index (κ1) is 24.3. The molecule has 0 radical (unpaired) electrons. The predicted molar refractivity (Wildman–Crippen MR) is 145 cm³/mol. The third kappa shape index (κ3) is 5.73. The number of hydrogen-bond acceptors (Lipinski definition) is 5. The number of fused-ring (bicyclic) bond motifs is 1. The van der Waals surface area contributed by atoms with Gasteiger partial charge in [-0.15, -0.1) is 0 Å². The Labute approximate surface area is 217 Å². The lowest BCUT2D eigenvalue weighted by atomic mass is 10.1. The average molecular weight is 515 g/mol. The van der Waals surface area contributed by atoms with Crippen LogP contribution in [0.3, 0.4) is 0 Å². The van der Waals surface area contributed by atoms with Crippen LogP contribution in [0.5, 0.6) is 5.75 Å². The van der Waals surface area contributed by atoms with E-state index in [0.717, 1.165) is 22.2 Å². The van der Waals surface area contributed by atoms with Gasteiger partial charge in [-0.25, -0.2) is 9.38 Å². The molecule has 1 fully saturated rings. The van der Waals surface area contributed by atoms with E-state index in [4.69, 9.17) is 4.74 Å². The van der Waals surface area contributed by atoms with Crippen molar-refractivity contribution >= 4 is 57.1 Å². The van der Waals surface area contributed by atoms with Gasteiger partial charge in [-0.1, -0.05) is 18.2 Å². The van der Waals surface area contributed by atoms with Crippen molar-refractivity contribution in [3.63, 3.8) is 0 Å². The molecule has 5 rings (SSSR count). The smallest absolute Gasteiger partial charge is 0.264 e. The molecular weight excluding hydrogens is 491 g/mol. The van der Waals surface area contributed by atoms with Crippen molar-refractivity contribution in [2.45, 2.75) is 13.5 Å². The van der Waals surface area contributed by atoms with Crippen LogP contribution in [0.25, 0.3) is 17.0 Å². The summed E-state index contributed by atoms with van der Waals surface area (Å²) in [5, 5.41) is 6.99. The Bertz CT molecular complexity index is 1530. The van der Waals surface area contributed by atoms with Crippen molar-refractivity contribution in [3.8, 4) is 5.75 Å². The first-order valence-corrected chi connectivity index (χ1v) is 12.5. The topological polar surface area (TPSA) is 84.7 Å². The van der Waals surface area contributed by atoms with Crippen LogP contribution in [-0.4, -0.2) is 28.2 Å². The molecular formula is C28H23FN4O3S. The van der Waals surface area contributed by atoms with E-state index in [0.29, 0.717) is 28.1 Å². The first-order valence-electron chi connectivity index (χ1n) is 11.6. The lowest BCUT2D eigenvalue weighted by Crippen LogP contribution is -2.19. The number of nitrogens with zero attached hydrogens (tertiary/aromatic N) is 2. The van der Waals surface area contributed by atoms with E-state index in [2.05, 4.69) is 15.6 Å². The summed E-state index contributed by atoms with van der Waals surface area (Å²) in [4.78, 5) is 30.4. The number of aliphatic imine (C=N–C) groups is 1. The number of anilines is 1. The van der Waals surface area contributed by atoms with E-state index in [9.17, 15) is 14.0 Å². The van der Waals surface area contributed by atoms with E-state index < -0.39 is 0 Å². The fraction of sp³-hybridized carbons (Fsp3) is 0.107. The largest absolute Gasteiger partial charge is 0.494 e. The normalized spacial score (nSPS) is 15.4. The third-order valence-electron chi connectivity index (χ3n) is 5.58. The molecule has 2 heterocycles. The molecule has 0 atom stereocenters. The summed E-state index contributed by atoms with van der Waals surface area (Å²) in [6.45, 7) is 2.57. The van der Waals surface area contributed by atoms with Crippen molar-refractivity contribution in [2.24, 2.45) is 4.99 Å². The van der Waals surface area contributed by atoms with Gasteiger partial charge in [0.25, 0.3) is 5.91 Å². The minimum absolute atomic E-state index is 0.0604. The van der Waals surface area contributed by atoms with E-state index in [-0.39, 0.29) is 24.2 Å². The predicted octanol–water partition coefficient (Wildman–Crippen LogP) is 5.71. The number of amidine groups is 1. The average Bonchev–Trinajstić information content (AvgIpc) is 3.41. The molecule has 0 saturated carbocycles. The fourth-order valence-corrected chi connectivity index (χ4v) is 4.76. The van der Waals surface area contributed by atoms with Gasteiger partial charge in [0.1, 0.15) is 18.1 Å². The summed E-state index contributed by atoms with van der Waals surface area (Å²) < 4.78 is 20.4. The molecule has 4 aromatic rings. The number of hydrogen-bond donors (Lipinski definition) is 2. The van der Waals surface area contributed by atoms with Crippen molar-refractivity contribution in [3.05, 3.63) is 95.3 Å². The number of carbonyl (C=O) groups is 2. The Morgan fingerprint density at radius 3 is 2.62 bits per heavy atom. The number of nitrogens with one attached hydrogen (secondary N) is 2. The third-order valence-corrected chi connectivity index (χ3v) is 6.49. The minimum atomic E-state index is -0.367. The number of halogens is 1. The number of amides is 2. The Morgan fingerprint density at radius 2 is 1.86 bits per heavy atom. The van der Waals surface area contributed by atoms with Crippen LogP contribution in [0.1, 0.15) is 12.5 Å². The molecule has 1 aliphatic heterocycles. The van der Waals surface area contributed by atoms with Gasteiger partial charge in [-0.2, -0.15) is 0 Å². The molecule has 3 aromatic carbocycles. The van der Waals surface area contributed by atoms with E-state index >= 15 is 0 Å². The second-order valence-corrected chi connectivity index (χ2v) is 9.22. The van der Waals surface area contributed by atoms with Crippen LogP contribution in [0.2, 0.25) is 0 Å². The molecule has 2 N–H and O–H groups in total. The quantitative estimate of drug-likeness (QED) is 0.310. The van der Waals surface area contributed by atoms with Crippen LogP contribution in [0.15, 0.2) is 88.9 Å². The van der Waals surface area contributed by atoms with Gasteiger partial charge >= 0.3 is 0 Å². The highest BCUT2D eigenvalue weighted by Crippen LogP contribution is 2.31. The number of rotatable bonds is 7. The number of carbonyl (C=O) groups excluding carboxylic acids is 2. The lowest BCUT2D eigenvalue weighted by molar-refractivity contribution is -0.117. The number of benzene rings is 3. The first-order chi connectivity index (χ1) is 18.0. The zero-order valence-corrected chi connectivity index (χ0v) is 20.7. The monoisotopic (exact) mass is 514 g/mol. The summed E-state index contributed by atoms with van der Waals surface area (Å²) in [5.41, 5.74) is 2.89. The summed E-state index contributed by atoms with van der Waals surface area (Å²) in [6, 6.07) is 20.6. The summed E-state index contributed by atoms with van der Waals surface area (Å²) in [6.07, 6.45) is 3.65. The maximum atomic E-state index is 13.2. The van der Waals surface area contributed by atoms with Crippen LogP contribution in [-0.2, 0) is 16.1 Å². The number of aromatic nitrogens is 1. The second kappa shape index (κ2) is 10.7. The Balaban J connectivity index is 1.36. The van der Waals surface area contributed by atoms with Crippen molar-refractivity contribution in [1.29, 1.82) is 0 Å². The summed E-state index contributed by atoms with van der Waals surface area (Å²) in [5.74, 6) is -0.0867. The van der Waals surface area contributed by atoms with Crippen LogP contribution in [0.4, 0.5) is 15.8 Å². The van der Waals surface area contributed by atoms with Gasteiger partial charge in [0.2, 0.25) is 5.91 Å². The minimum Gasteiger partial charge on any atom is -0.494 e. The molecule has 9 heteroatoms. The molecule has 186 valence electrons. The number of para-hydroxylation sites is 1. The zero-order valence-electron chi connectivity index (χ0n) is 19.9. The molecule has 0 unspecified atom stereocenters. The molecule has 1 aromatic heterocycles. The van der Waals surface area contributed by atoms with Crippen molar-refractivity contribution in [1.82, 2.24) is 9.88 Å². The summed E-state index contributed by atoms with van der Waals surface area (Å²) in [7, 11) is 0. The van der Waals surface area contributed by atoms with Gasteiger partial charge < -0.3 is 19.9 Å². The second-order valence-electron chi connectivity index (χ2n) is 8.19. The molecule has 0 aliphatic carbocycles. The summed E-state index contributed by atoms with van der Waals surface area (Å²) >= 11 is 1.26. The van der Waals surface area contributed by atoms with Gasteiger partial charge in [0.15, 0.2) is 5.17 Å². The van der Waals surface area contributed by atoms with Crippen LogP contribution in [0, 0.1) is 5.82 Å². The van der Waals surface area contributed by atoms with Gasteiger partial charge in [-0.3, -0.25) is 9.59 Å². The van der Waals surface area contributed by atoms with Crippen molar-refractivity contribution in [2.75, 3.05) is 11.9 Å². The molecule has 37 heavy (non-hydrogen) atoms. The highest BCUT2D eigenvalue weighted by Gasteiger charge is 2.24. The Kier molecular flexibility index (Phi) is 7.04. The lowest BCUT2D eigenvalue weighted by Gasteiger charge is -2.07. The molecule has 0 bridgehead atoms. The maximum absolute atomic E-state index is 13.2. The number of ether oxygens (including phenoxy) is 1. The standard InChI is InChI=1S/C28H23FN4O3S/c1-2-36-22-13-11-21(12-14-22)31-28-32-27(35)25(37-28)15-18-16-33(24-6-4-3-5-23(18)24)17-26(34)30-20-9-7-19(29)8-10-20/h3-16H,2,17H2,1H3,(H,30,34)(H,31,32,35)/b25-15+. The molecule has 1 saturated heterocycles. The van der Waals surface area contributed by atoms with Crippen LogP contribution < -0.4 is 15.4 Å². The highest BCUT2D eigenvalue weighted by atomic mass is 32.2. The fourth-order valence-electron chi connectivity index (χ4n) is 3.93. The van der Waals surface area contributed by atoms with E-state index in [1.165, 1.54) is 36.0 Å². The highest BCUT2D eigenvalue weighted by molar-refractivity contribution is 8.18. The Hall–Kier alpha value is -4.37. The van der Waals surface area contributed by atoms with Gasteiger partial charge in [0.05, 0.1) is 17.2 Å². The SMILES string of the molecule is CCOc1ccc(N=C2NC(=O)/C(=C\c3cn(CC(=O)Nc4ccc(F)cc4)c4ccccc34)S2)cc1. The maximum Gasteiger partial charge on any atom is 0.264 e.